The monoisotopic (exact) mass is 246 g/mol. The lowest BCUT2D eigenvalue weighted by molar-refractivity contribution is -0.0246. The summed E-state index contributed by atoms with van der Waals surface area (Å²) in [5.74, 6) is -1.15. The molecule has 1 aliphatic rings. The SMILES string of the molecule is O=c1[nH]c(C2CC(O)C(CO)O2)c(F)c(=O)[nH]1. The molecule has 0 aromatic carbocycles. The van der Waals surface area contributed by atoms with Crippen molar-refractivity contribution in [2.45, 2.75) is 24.7 Å². The number of nitrogens with one attached hydrogen (secondary N) is 2. The summed E-state index contributed by atoms with van der Waals surface area (Å²) in [4.78, 5) is 25.9. The molecule has 0 spiro atoms. The van der Waals surface area contributed by atoms with Crippen LogP contribution in [0.25, 0.3) is 0 Å². The van der Waals surface area contributed by atoms with Gasteiger partial charge in [0.05, 0.1) is 18.4 Å². The summed E-state index contributed by atoms with van der Waals surface area (Å²) in [5.41, 5.74) is -2.31. The Hall–Kier alpha value is -1.51. The van der Waals surface area contributed by atoms with Crippen molar-refractivity contribution in [3.63, 3.8) is 0 Å². The number of hydrogen-bond donors (Lipinski definition) is 4. The number of halogens is 1. The van der Waals surface area contributed by atoms with Gasteiger partial charge in [-0.2, -0.15) is 4.39 Å². The molecule has 8 heteroatoms. The van der Waals surface area contributed by atoms with Crippen LogP contribution in [0, 0.1) is 5.82 Å². The third-order valence-corrected chi connectivity index (χ3v) is 2.64. The second kappa shape index (κ2) is 4.40. The number of rotatable bonds is 2. The van der Waals surface area contributed by atoms with E-state index < -0.39 is 42.0 Å². The number of ether oxygens (including phenoxy) is 1. The van der Waals surface area contributed by atoms with Crippen molar-refractivity contribution in [3.8, 4) is 0 Å². The molecule has 1 fully saturated rings. The number of aliphatic hydroxyl groups is 2. The van der Waals surface area contributed by atoms with E-state index in [2.05, 4.69) is 4.98 Å². The van der Waals surface area contributed by atoms with E-state index in [0.29, 0.717) is 0 Å². The molecule has 2 heterocycles. The molecule has 0 bridgehead atoms. The summed E-state index contributed by atoms with van der Waals surface area (Å²) in [6.45, 7) is -0.424. The summed E-state index contributed by atoms with van der Waals surface area (Å²) in [6.07, 6.45) is -2.76. The molecule has 94 valence electrons. The van der Waals surface area contributed by atoms with Gasteiger partial charge in [0.1, 0.15) is 12.2 Å². The average molecular weight is 246 g/mol. The van der Waals surface area contributed by atoms with Gasteiger partial charge in [0.15, 0.2) is 0 Å². The largest absolute Gasteiger partial charge is 0.394 e. The molecule has 1 saturated heterocycles. The third kappa shape index (κ3) is 2.14. The van der Waals surface area contributed by atoms with Gasteiger partial charge in [0.25, 0.3) is 5.56 Å². The lowest BCUT2D eigenvalue weighted by atomic mass is 10.1. The topological polar surface area (TPSA) is 115 Å². The predicted octanol–water partition coefficient (Wildman–Crippen LogP) is -1.61. The van der Waals surface area contributed by atoms with Crippen molar-refractivity contribution in [3.05, 3.63) is 32.3 Å². The first-order valence-electron chi connectivity index (χ1n) is 4.99. The van der Waals surface area contributed by atoms with Crippen LogP contribution in [0.5, 0.6) is 0 Å². The van der Waals surface area contributed by atoms with Crippen molar-refractivity contribution in [2.24, 2.45) is 0 Å². The maximum atomic E-state index is 13.5. The fourth-order valence-electron chi connectivity index (χ4n) is 1.79. The number of H-pyrrole nitrogens is 2. The van der Waals surface area contributed by atoms with Crippen LogP contribution < -0.4 is 11.2 Å². The minimum atomic E-state index is -1.15. The Bertz CT molecular complexity index is 525. The second-order valence-electron chi connectivity index (χ2n) is 3.78. The van der Waals surface area contributed by atoms with Crippen LogP contribution >= 0.6 is 0 Å². The summed E-state index contributed by atoms with van der Waals surface area (Å²) in [5, 5.41) is 18.3. The quantitative estimate of drug-likeness (QED) is 0.501. The maximum Gasteiger partial charge on any atom is 0.326 e. The Morgan fingerprint density at radius 1 is 1.41 bits per heavy atom. The van der Waals surface area contributed by atoms with Crippen LogP contribution in [-0.2, 0) is 4.74 Å². The summed E-state index contributed by atoms with van der Waals surface area (Å²) in [7, 11) is 0. The fraction of sp³-hybridized carbons (Fsp3) is 0.556. The molecule has 1 aromatic rings. The highest BCUT2D eigenvalue weighted by atomic mass is 19.1. The summed E-state index contributed by atoms with van der Waals surface area (Å²) >= 11 is 0. The first-order chi connectivity index (χ1) is 8.02. The van der Waals surface area contributed by atoms with Gasteiger partial charge in [-0.25, -0.2) is 4.79 Å². The van der Waals surface area contributed by atoms with E-state index in [0.717, 1.165) is 0 Å². The van der Waals surface area contributed by atoms with Gasteiger partial charge in [-0.05, 0) is 0 Å². The van der Waals surface area contributed by atoms with Crippen LogP contribution in [0.3, 0.4) is 0 Å². The van der Waals surface area contributed by atoms with Gasteiger partial charge in [-0.15, -0.1) is 0 Å². The van der Waals surface area contributed by atoms with E-state index in [1.54, 1.807) is 4.98 Å². The molecule has 17 heavy (non-hydrogen) atoms. The zero-order valence-corrected chi connectivity index (χ0v) is 8.64. The van der Waals surface area contributed by atoms with E-state index in [-0.39, 0.29) is 12.1 Å². The molecule has 4 N–H and O–H groups in total. The summed E-state index contributed by atoms with van der Waals surface area (Å²) < 4.78 is 18.6. The second-order valence-corrected chi connectivity index (χ2v) is 3.78. The fourth-order valence-corrected chi connectivity index (χ4v) is 1.79. The molecular formula is C9H11FN2O5. The highest BCUT2D eigenvalue weighted by Crippen LogP contribution is 2.31. The van der Waals surface area contributed by atoms with Crippen molar-refractivity contribution in [1.29, 1.82) is 0 Å². The zero-order valence-electron chi connectivity index (χ0n) is 8.64. The van der Waals surface area contributed by atoms with Crippen molar-refractivity contribution in [1.82, 2.24) is 9.97 Å². The predicted molar refractivity (Wildman–Crippen MR) is 53.0 cm³/mol. The Balaban J connectivity index is 2.36. The molecule has 0 saturated carbocycles. The van der Waals surface area contributed by atoms with Crippen LogP contribution in [-0.4, -0.2) is 39.0 Å². The molecular weight excluding hydrogens is 235 g/mol. The molecule has 0 radical (unpaired) electrons. The van der Waals surface area contributed by atoms with Crippen molar-refractivity contribution in [2.75, 3.05) is 6.61 Å². The molecule has 7 nitrogen and oxygen atoms in total. The highest BCUT2D eigenvalue weighted by Gasteiger charge is 2.36. The lowest BCUT2D eigenvalue weighted by Gasteiger charge is -2.11. The molecule has 2 rings (SSSR count). The van der Waals surface area contributed by atoms with E-state index in [9.17, 15) is 19.1 Å². The number of aromatic amines is 2. The molecule has 1 aromatic heterocycles. The Morgan fingerprint density at radius 3 is 2.71 bits per heavy atom. The van der Waals surface area contributed by atoms with Gasteiger partial charge >= 0.3 is 5.69 Å². The minimum Gasteiger partial charge on any atom is -0.394 e. The Kier molecular flexibility index (Phi) is 3.09. The van der Waals surface area contributed by atoms with Gasteiger partial charge in [-0.3, -0.25) is 9.78 Å². The summed E-state index contributed by atoms with van der Waals surface area (Å²) in [6, 6.07) is 0. The normalized spacial score (nSPS) is 28.5. The number of aliphatic hydroxyl groups excluding tert-OH is 2. The van der Waals surface area contributed by atoms with Crippen LogP contribution in [0.1, 0.15) is 18.2 Å². The van der Waals surface area contributed by atoms with Gasteiger partial charge in [0, 0.05) is 6.42 Å². The van der Waals surface area contributed by atoms with E-state index in [1.807, 2.05) is 0 Å². The first-order valence-corrected chi connectivity index (χ1v) is 4.99. The highest BCUT2D eigenvalue weighted by molar-refractivity contribution is 5.09. The maximum absolute atomic E-state index is 13.5. The van der Waals surface area contributed by atoms with E-state index in [1.165, 1.54) is 0 Å². The van der Waals surface area contributed by atoms with E-state index in [4.69, 9.17) is 9.84 Å². The molecule has 3 unspecified atom stereocenters. The van der Waals surface area contributed by atoms with Crippen molar-refractivity contribution < 1.29 is 19.3 Å². The average Bonchev–Trinajstić information content (AvgIpc) is 2.64. The number of aromatic nitrogens is 2. The Morgan fingerprint density at radius 2 is 2.12 bits per heavy atom. The molecule has 0 aliphatic carbocycles. The number of hydrogen-bond acceptors (Lipinski definition) is 5. The van der Waals surface area contributed by atoms with Gasteiger partial charge in [0.2, 0.25) is 5.82 Å². The molecule has 0 amide bonds. The van der Waals surface area contributed by atoms with Crippen LogP contribution in [0.2, 0.25) is 0 Å². The van der Waals surface area contributed by atoms with Crippen molar-refractivity contribution >= 4 is 0 Å². The minimum absolute atomic E-state index is 0.00153. The van der Waals surface area contributed by atoms with Gasteiger partial charge in [-0.1, -0.05) is 0 Å². The standard InChI is InChI=1S/C9H11FN2O5/c10-6-7(11-9(16)12-8(6)15)4-1-3(14)5(2-13)17-4/h3-5,13-14H,1-2H2,(H2,11,12,15,16). The van der Waals surface area contributed by atoms with Gasteiger partial charge < -0.3 is 19.9 Å². The van der Waals surface area contributed by atoms with Crippen LogP contribution in [0.15, 0.2) is 9.59 Å². The molecule has 1 aliphatic heterocycles. The molecule has 3 atom stereocenters. The first kappa shape index (κ1) is 12.0. The van der Waals surface area contributed by atoms with E-state index >= 15 is 0 Å². The lowest BCUT2D eigenvalue weighted by Crippen LogP contribution is -2.28. The smallest absolute Gasteiger partial charge is 0.326 e. The zero-order chi connectivity index (χ0) is 12.6. The third-order valence-electron chi connectivity index (χ3n) is 2.64. The van der Waals surface area contributed by atoms with Crippen LogP contribution in [0.4, 0.5) is 4.39 Å². The Labute approximate surface area is 93.9 Å².